The smallest absolute Gasteiger partial charge is 0.227 e. The molecular weight excluding hydrogens is 342 g/mol. The summed E-state index contributed by atoms with van der Waals surface area (Å²) in [6, 6.07) is 11.5. The summed E-state index contributed by atoms with van der Waals surface area (Å²) in [6.07, 6.45) is 6.89. The first kappa shape index (κ1) is 16.8. The third-order valence-electron chi connectivity index (χ3n) is 4.05. The SMILES string of the molecule is Cc1ccc(-n2cc(CO)nn2)cc1Nc1nccc(-c2cccnc2)n1. The molecule has 0 amide bonds. The fraction of sp³-hybridized carbons (Fsp3) is 0.105. The molecule has 0 aliphatic carbocycles. The minimum Gasteiger partial charge on any atom is -0.390 e. The topological polar surface area (TPSA) is 102 Å². The average Bonchev–Trinajstić information content (AvgIpc) is 3.20. The highest BCUT2D eigenvalue weighted by molar-refractivity contribution is 5.64. The summed E-state index contributed by atoms with van der Waals surface area (Å²) in [7, 11) is 0. The summed E-state index contributed by atoms with van der Waals surface area (Å²) >= 11 is 0. The minimum atomic E-state index is -0.147. The van der Waals surface area contributed by atoms with E-state index >= 15 is 0 Å². The Balaban J connectivity index is 1.64. The molecule has 4 rings (SSSR count). The highest BCUT2D eigenvalue weighted by Crippen LogP contribution is 2.23. The third kappa shape index (κ3) is 3.65. The monoisotopic (exact) mass is 359 g/mol. The van der Waals surface area contributed by atoms with Crippen molar-refractivity contribution in [3.05, 3.63) is 72.4 Å². The zero-order valence-electron chi connectivity index (χ0n) is 14.6. The van der Waals surface area contributed by atoms with Crippen LogP contribution in [0.5, 0.6) is 0 Å². The molecule has 0 fully saturated rings. The summed E-state index contributed by atoms with van der Waals surface area (Å²) in [5, 5.41) is 20.4. The lowest BCUT2D eigenvalue weighted by atomic mass is 10.2. The van der Waals surface area contributed by atoms with Gasteiger partial charge in [0.25, 0.3) is 0 Å². The number of anilines is 2. The summed E-state index contributed by atoms with van der Waals surface area (Å²) in [4.78, 5) is 13.0. The summed E-state index contributed by atoms with van der Waals surface area (Å²) in [5.74, 6) is 0.492. The van der Waals surface area contributed by atoms with E-state index in [-0.39, 0.29) is 6.61 Å². The van der Waals surface area contributed by atoms with Crippen LogP contribution in [0, 0.1) is 6.92 Å². The Bertz CT molecular complexity index is 1060. The van der Waals surface area contributed by atoms with Crippen molar-refractivity contribution in [1.29, 1.82) is 0 Å². The summed E-state index contributed by atoms with van der Waals surface area (Å²) in [6.45, 7) is 1.85. The molecular formula is C19H17N7O. The van der Waals surface area contributed by atoms with Crippen LogP contribution in [0.2, 0.25) is 0 Å². The first-order chi connectivity index (χ1) is 13.2. The lowest BCUT2D eigenvalue weighted by Gasteiger charge is -2.11. The Morgan fingerprint density at radius 3 is 2.85 bits per heavy atom. The largest absolute Gasteiger partial charge is 0.390 e. The van der Waals surface area contributed by atoms with Crippen molar-refractivity contribution < 1.29 is 5.11 Å². The van der Waals surface area contributed by atoms with Gasteiger partial charge in [0, 0.05) is 29.8 Å². The molecule has 0 unspecified atom stereocenters. The van der Waals surface area contributed by atoms with E-state index < -0.39 is 0 Å². The van der Waals surface area contributed by atoms with Crippen molar-refractivity contribution in [2.45, 2.75) is 13.5 Å². The van der Waals surface area contributed by atoms with Crippen LogP contribution < -0.4 is 5.32 Å². The Morgan fingerprint density at radius 2 is 2.07 bits per heavy atom. The normalized spacial score (nSPS) is 10.7. The van der Waals surface area contributed by atoms with Gasteiger partial charge >= 0.3 is 0 Å². The number of hydrogen-bond acceptors (Lipinski definition) is 7. The van der Waals surface area contributed by atoms with Crippen molar-refractivity contribution in [2.75, 3.05) is 5.32 Å². The van der Waals surface area contributed by atoms with Crippen LogP contribution >= 0.6 is 0 Å². The van der Waals surface area contributed by atoms with Gasteiger partial charge in [0.1, 0.15) is 5.69 Å². The number of rotatable bonds is 5. The number of aromatic nitrogens is 6. The molecule has 0 bridgehead atoms. The molecule has 0 aliphatic rings. The van der Waals surface area contributed by atoms with Gasteiger partial charge in [0.15, 0.2) is 0 Å². The molecule has 2 N–H and O–H groups in total. The molecule has 27 heavy (non-hydrogen) atoms. The number of nitrogens with one attached hydrogen (secondary N) is 1. The van der Waals surface area contributed by atoms with Gasteiger partial charge in [-0.25, -0.2) is 14.6 Å². The average molecular weight is 359 g/mol. The number of benzene rings is 1. The molecule has 0 aliphatic heterocycles. The molecule has 0 atom stereocenters. The molecule has 0 radical (unpaired) electrons. The molecule has 0 saturated heterocycles. The molecule has 8 heteroatoms. The third-order valence-corrected chi connectivity index (χ3v) is 4.05. The second-order valence-electron chi connectivity index (χ2n) is 5.94. The maximum atomic E-state index is 9.16. The Morgan fingerprint density at radius 1 is 1.15 bits per heavy atom. The second-order valence-corrected chi connectivity index (χ2v) is 5.94. The number of aliphatic hydroxyl groups is 1. The zero-order chi connectivity index (χ0) is 18.6. The van der Waals surface area contributed by atoms with Crippen molar-refractivity contribution in [2.24, 2.45) is 0 Å². The van der Waals surface area contributed by atoms with Gasteiger partial charge < -0.3 is 10.4 Å². The van der Waals surface area contributed by atoms with Crippen LogP contribution in [0.15, 0.2) is 61.2 Å². The molecule has 0 saturated carbocycles. The van der Waals surface area contributed by atoms with E-state index in [1.807, 2.05) is 43.3 Å². The van der Waals surface area contributed by atoms with E-state index in [4.69, 9.17) is 5.11 Å². The highest BCUT2D eigenvalue weighted by Gasteiger charge is 2.08. The van der Waals surface area contributed by atoms with Gasteiger partial charge in [-0.15, -0.1) is 5.10 Å². The van der Waals surface area contributed by atoms with Crippen molar-refractivity contribution >= 4 is 11.6 Å². The van der Waals surface area contributed by atoms with Crippen LogP contribution in [0.1, 0.15) is 11.3 Å². The molecule has 4 aromatic rings. The standard InChI is InChI=1S/C19H17N7O/c1-13-4-5-16(26-11-15(12-27)24-25-26)9-18(13)23-19-21-8-6-17(22-19)14-3-2-7-20-10-14/h2-11,27H,12H2,1H3,(H,21,22,23). The van der Waals surface area contributed by atoms with Crippen LogP contribution in [0.25, 0.3) is 16.9 Å². The van der Waals surface area contributed by atoms with E-state index in [2.05, 4.69) is 30.6 Å². The van der Waals surface area contributed by atoms with Crippen LogP contribution in [0.3, 0.4) is 0 Å². The van der Waals surface area contributed by atoms with E-state index in [0.29, 0.717) is 11.6 Å². The first-order valence-electron chi connectivity index (χ1n) is 8.36. The molecule has 3 aromatic heterocycles. The molecule has 0 spiro atoms. The lowest BCUT2D eigenvalue weighted by molar-refractivity contribution is 0.276. The molecule has 1 aromatic carbocycles. The number of hydrogen-bond donors (Lipinski definition) is 2. The van der Waals surface area contributed by atoms with Gasteiger partial charge in [-0.2, -0.15) is 0 Å². The van der Waals surface area contributed by atoms with Crippen molar-refractivity contribution in [3.63, 3.8) is 0 Å². The predicted molar refractivity (Wildman–Crippen MR) is 101 cm³/mol. The Labute approximate surface area is 155 Å². The molecule has 134 valence electrons. The quantitative estimate of drug-likeness (QED) is 0.565. The highest BCUT2D eigenvalue weighted by atomic mass is 16.3. The van der Waals surface area contributed by atoms with Crippen LogP contribution in [0.4, 0.5) is 11.6 Å². The summed E-state index contributed by atoms with van der Waals surface area (Å²) in [5.41, 5.74) is 4.94. The minimum absolute atomic E-state index is 0.147. The molecule has 3 heterocycles. The fourth-order valence-corrected chi connectivity index (χ4v) is 2.60. The van der Waals surface area contributed by atoms with E-state index in [9.17, 15) is 0 Å². The number of pyridine rings is 1. The first-order valence-corrected chi connectivity index (χ1v) is 8.36. The van der Waals surface area contributed by atoms with Gasteiger partial charge in [-0.1, -0.05) is 11.3 Å². The van der Waals surface area contributed by atoms with Crippen LogP contribution in [-0.4, -0.2) is 35.1 Å². The number of aryl methyl sites for hydroxylation is 1. The maximum absolute atomic E-state index is 9.16. The van der Waals surface area contributed by atoms with E-state index in [0.717, 1.165) is 28.2 Å². The second kappa shape index (κ2) is 7.30. The van der Waals surface area contributed by atoms with E-state index in [1.165, 1.54) is 0 Å². The van der Waals surface area contributed by atoms with Crippen molar-refractivity contribution in [3.8, 4) is 16.9 Å². The van der Waals surface area contributed by atoms with E-state index in [1.54, 1.807) is 29.5 Å². The Hall–Kier alpha value is -3.65. The van der Waals surface area contributed by atoms with Gasteiger partial charge in [0.2, 0.25) is 5.95 Å². The molecule has 8 nitrogen and oxygen atoms in total. The van der Waals surface area contributed by atoms with Gasteiger partial charge in [-0.3, -0.25) is 4.98 Å². The fourth-order valence-electron chi connectivity index (χ4n) is 2.60. The van der Waals surface area contributed by atoms with Gasteiger partial charge in [-0.05, 0) is 42.8 Å². The van der Waals surface area contributed by atoms with Crippen molar-refractivity contribution in [1.82, 2.24) is 29.9 Å². The zero-order valence-corrected chi connectivity index (χ0v) is 14.6. The van der Waals surface area contributed by atoms with Gasteiger partial charge in [0.05, 0.1) is 24.2 Å². The number of aliphatic hydroxyl groups excluding tert-OH is 1. The lowest BCUT2D eigenvalue weighted by Crippen LogP contribution is -2.02. The maximum Gasteiger partial charge on any atom is 0.227 e. The Kier molecular flexibility index (Phi) is 4.54. The number of nitrogens with zero attached hydrogens (tertiary/aromatic N) is 6. The van der Waals surface area contributed by atoms with Crippen LogP contribution in [-0.2, 0) is 6.61 Å². The summed E-state index contributed by atoms with van der Waals surface area (Å²) < 4.78 is 1.61. The predicted octanol–water partition coefficient (Wildman–Crippen LogP) is 2.66.